The third kappa shape index (κ3) is 6.39. The lowest BCUT2D eigenvalue weighted by atomic mass is 10.1. The largest absolute Gasteiger partial charge is 0.348 e. The van der Waals surface area contributed by atoms with E-state index in [0.717, 1.165) is 26.2 Å². The zero-order chi connectivity index (χ0) is 19.3. The fourth-order valence-corrected chi connectivity index (χ4v) is 3.49. The highest BCUT2D eigenvalue weighted by molar-refractivity contribution is 9.10. The summed E-state index contributed by atoms with van der Waals surface area (Å²) in [7, 11) is -3.54. The van der Waals surface area contributed by atoms with Gasteiger partial charge < -0.3 is 5.32 Å². The molecule has 26 heavy (non-hydrogen) atoms. The van der Waals surface area contributed by atoms with Crippen molar-refractivity contribution in [3.8, 4) is 0 Å². The Morgan fingerprint density at radius 2 is 1.73 bits per heavy atom. The molecular weight excluding hydrogens is 440 g/mol. The fourth-order valence-electron chi connectivity index (χ4n) is 2.37. The van der Waals surface area contributed by atoms with E-state index >= 15 is 0 Å². The molecule has 0 heterocycles. The number of carbonyl (C=O) groups is 1. The first kappa shape index (κ1) is 20.9. The number of amides is 1. The van der Waals surface area contributed by atoms with E-state index in [0.29, 0.717) is 5.02 Å². The van der Waals surface area contributed by atoms with Crippen molar-refractivity contribution in [3.63, 3.8) is 0 Å². The molecule has 0 bridgehead atoms. The molecule has 0 saturated heterocycles. The predicted octanol–water partition coefficient (Wildman–Crippen LogP) is 3.74. The van der Waals surface area contributed by atoms with E-state index in [9.17, 15) is 13.2 Å². The van der Waals surface area contributed by atoms with Crippen molar-refractivity contribution in [2.75, 3.05) is 12.8 Å². The molecule has 0 aliphatic heterocycles. The lowest BCUT2D eigenvalue weighted by molar-refractivity contribution is -0.122. The van der Waals surface area contributed by atoms with Crippen LogP contribution < -0.4 is 5.32 Å². The first-order valence-electron chi connectivity index (χ1n) is 7.89. The van der Waals surface area contributed by atoms with Crippen LogP contribution >= 0.6 is 27.5 Å². The molecule has 0 radical (unpaired) electrons. The maximum atomic E-state index is 12.3. The molecule has 5 nitrogen and oxygen atoms in total. The highest BCUT2D eigenvalue weighted by Gasteiger charge is 2.21. The number of sulfonamides is 1. The topological polar surface area (TPSA) is 66.5 Å². The number of nitrogens with one attached hydrogen (secondary N) is 1. The van der Waals surface area contributed by atoms with E-state index in [-0.39, 0.29) is 25.0 Å². The molecule has 0 saturated carbocycles. The number of halogens is 2. The Kier molecular flexibility index (Phi) is 7.23. The monoisotopic (exact) mass is 458 g/mol. The summed E-state index contributed by atoms with van der Waals surface area (Å²) in [5, 5.41) is 3.40. The Bertz CT molecular complexity index is 855. The van der Waals surface area contributed by atoms with Gasteiger partial charge in [0.05, 0.1) is 18.8 Å². The van der Waals surface area contributed by atoms with Crippen LogP contribution in [0.3, 0.4) is 0 Å². The minimum absolute atomic E-state index is 0.107. The molecule has 1 N–H and O–H groups in total. The second kappa shape index (κ2) is 8.99. The van der Waals surface area contributed by atoms with Gasteiger partial charge in [-0.3, -0.25) is 4.79 Å². The van der Waals surface area contributed by atoms with Crippen LogP contribution in [0.1, 0.15) is 24.1 Å². The Morgan fingerprint density at radius 1 is 1.15 bits per heavy atom. The summed E-state index contributed by atoms with van der Waals surface area (Å²) in [6.45, 7) is 1.71. The molecule has 2 rings (SSSR count). The average molecular weight is 460 g/mol. The SMILES string of the molecule is C[C@H](NC(=O)CN(Cc1ccc(Cl)cc1)S(C)(=O)=O)c1ccc(Br)cc1. The van der Waals surface area contributed by atoms with Crippen molar-refractivity contribution in [1.29, 1.82) is 0 Å². The summed E-state index contributed by atoms with van der Waals surface area (Å²) in [6.07, 6.45) is 1.09. The van der Waals surface area contributed by atoms with Gasteiger partial charge >= 0.3 is 0 Å². The molecule has 0 aliphatic carbocycles. The third-order valence-electron chi connectivity index (χ3n) is 3.81. The Labute approximate surface area is 167 Å². The Balaban J connectivity index is 2.04. The molecule has 0 unspecified atom stereocenters. The zero-order valence-electron chi connectivity index (χ0n) is 14.4. The molecule has 0 aliphatic rings. The van der Waals surface area contributed by atoms with Crippen LogP contribution in [0.15, 0.2) is 53.0 Å². The predicted molar refractivity (Wildman–Crippen MR) is 107 cm³/mol. The maximum absolute atomic E-state index is 12.3. The highest BCUT2D eigenvalue weighted by atomic mass is 79.9. The normalized spacial score (nSPS) is 12.8. The van der Waals surface area contributed by atoms with Crippen molar-refractivity contribution in [2.24, 2.45) is 0 Å². The average Bonchev–Trinajstić information content (AvgIpc) is 2.56. The van der Waals surface area contributed by atoms with Crippen molar-refractivity contribution in [1.82, 2.24) is 9.62 Å². The van der Waals surface area contributed by atoms with Crippen molar-refractivity contribution in [2.45, 2.75) is 19.5 Å². The molecule has 1 atom stereocenters. The first-order chi connectivity index (χ1) is 12.1. The third-order valence-corrected chi connectivity index (χ3v) is 5.79. The molecule has 1 amide bonds. The fraction of sp³-hybridized carbons (Fsp3) is 0.278. The maximum Gasteiger partial charge on any atom is 0.235 e. The summed E-state index contributed by atoms with van der Waals surface area (Å²) in [4.78, 5) is 12.3. The summed E-state index contributed by atoms with van der Waals surface area (Å²) in [6, 6.07) is 14.2. The summed E-state index contributed by atoms with van der Waals surface area (Å²) < 4.78 is 26.2. The van der Waals surface area contributed by atoms with Crippen molar-refractivity contribution >= 4 is 43.5 Å². The van der Waals surface area contributed by atoms with Crippen LogP contribution in [0, 0.1) is 0 Å². The van der Waals surface area contributed by atoms with E-state index in [1.54, 1.807) is 24.3 Å². The number of benzene rings is 2. The number of carbonyl (C=O) groups excluding carboxylic acids is 1. The molecule has 8 heteroatoms. The van der Waals surface area contributed by atoms with Gasteiger partial charge in [0.1, 0.15) is 0 Å². The summed E-state index contributed by atoms with van der Waals surface area (Å²) >= 11 is 9.22. The van der Waals surface area contributed by atoms with Crippen molar-refractivity contribution in [3.05, 3.63) is 69.2 Å². The molecule has 0 spiro atoms. The van der Waals surface area contributed by atoms with Gasteiger partial charge in [-0.1, -0.05) is 51.8 Å². The van der Waals surface area contributed by atoms with E-state index in [4.69, 9.17) is 11.6 Å². The minimum atomic E-state index is -3.54. The van der Waals surface area contributed by atoms with Gasteiger partial charge in [0.2, 0.25) is 15.9 Å². The van der Waals surface area contributed by atoms with E-state index in [1.165, 1.54) is 0 Å². The van der Waals surface area contributed by atoms with E-state index in [1.807, 2.05) is 31.2 Å². The van der Waals surface area contributed by atoms with Crippen LogP contribution in [-0.4, -0.2) is 31.4 Å². The van der Waals surface area contributed by atoms with Crippen LogP contribution in [-0.2, 0) is 21.4 Å². The summed E-state index contributed by atoms with van der Waals surface area (Å²) in [5.41, 5.74) is 1.69. The summed E-state index contributed by atoms with van der Waals surface area (Å²) in [5.74, 6) is -0.361. The molecular formula is C18H20BrClN2O3S. The smallest absolute Gasteiger partial charge is 0.235 e. The first-order valence-corrected chi connectivity index (χ1v) is 10.9. The van der Waals surface area contributed by atoms with Crippen LogP contribution in [0.25, 0.3) is 0 Å². The van der Waals surface area contributed by atoms with Gasteiger partial charge in [0.25, 0.3) is 0 Å². The molecule has 2 aromatic rings. The number of nitrogens with zero attached hydrogens (tertiary/aromatic N) is 1. The number of hydrogen-bond acceptors (Lipinski definition) is 3. The van der Waals surface area contributed by atoms with E-state index in [2.05, 4.69) is 21.2 Å². The standard InChI is InChI=1S/C18H20BrClN2O3S/c1-13(15-5-7-16(19)8-6-15)21-18(23)12-22(26(2,24)25)11-14-3-9-17(20)10-4-14/h3-10,13H,11-12H2,1-2H3,(H,21,23)/t13-/m0/s1. The zero-order valence-corrected chi connectivity index (χ0v) is 17.6. The lowest BCUT2D eigenvalue weighted by Gasteiger charge is -2.21. The highest BCUT2D eigenvalue weighted by Crippen LogP contribution is 2.17. The van der Waals surface area contributed by atoms with Gasteiger partial charge in [-0.2, -0.15) is 4.31 Å². The van der Waals surface area contributed by atoms with Gasteiger partial charge in [0.15, 0.2) is 0 Å². The molecule has 0 aromatic heterocycles. The van der Waals surface area contributed by atoms with Crippen LogP contribution in [0.2, 0.25) is 5.02 Å². The second-order valence-corrected chi connectivity index (χ2v) is 9.33. The van der Waals surface area contributed by atoms with E-state index < -0.39 is 10.0 Å². The Hall–Kier alpha value is -1.41. The quantitative estimate of drug-likeness (QED) is 0.686. The van der Waals surface area contributed by atoms with Gasteiger partial charge in [-0.25, -0.2) is 8.42 Å². The lowest BCUT2D eigenvalue weighted by Crippen LogP contribution is -2.40. The van der Waals surface area contributed by atoms with Gasteiger partial charge in [-0.05, 0) is 42.3 Å². The Morgan fingerprint density at radius 3 is 2.27 bits per heavy atom. The molecule has 140 valence electrons. The second-order valence-electron chi connectivity index (χ2n) is 6.00. The van der Waals surface area contributed by atoms with Gasteiger partial charge in [-0.15, -0.1) is 0 Å². The van der Waals surface area contributed by atoms with Crippen LogP contribution in [0.4, 0.5) is 0 Å². The number of hydrogen-bond donors (Lipinski definition) is 1. The van der Waals surface area contributed by atoms with Crippen LogP contribution in [0.5, 0.6) is 0 Å². The van der Waals surface area contributed by atoms with Gasteiger partial charge in [0, 0.05) is 16.0 Å². The number of rotatable bonds is 7. The van der Waals surface area contributed by atoms with Crippen molar-refractivity contribution < 1.29 is 13.2 Å². The molecule has 2 aromatic carbocycles. The molecule has 0 fully saturated rings. The minimum Gasteiger partial charge on any atom is -0.348 e.